The molecule has 2 rings (SSSR count). The quantitative estimate of drug-likeness (QED) is 0.303. The monoisotopic (exact) mass is 535 g/mol. The van der Waals surface area contributed by atoms with Gasteiger partial charge in [-0.3, -0.25) is 4.99 Å². The van der Waals surface area contributed by atoms with Gasteiger partial charge in [-0.05, 0) is 63.0 Å². The SMILES string of the molecule is CCNC(=NCC(C)(C)Cc1cccc(Cl)c1)NCCN1CCCN(C)CC1.I. The van der Waals surface area contributed by atoms with Gasteiger partial charge in [-0.1, -0.05) is 37.6 Å². The first-order valence-electron chi connectivity index (χ1n) is 10.6. The molecule has 0 bridgehead atoms. The Bertz CT molecular complexity index is 623. The highest BCUT2D eigenvalue weighted by Crippen LogP contribution is 2.23. The smallest absolute Gasteiger partial charge is 0.191 e. The van der Waals surface area contributed by atoms with Gasteiger partial charge >= 0.3 is 0 Å². The van der Waals surface area contributed by atoms with Gasteiger partial charge in [0.2, 0.25) is 0 Å². The van der Waals surface area contributed by atoms with Crippen LogP contribution in [0.5, 0.6) is 0 Å². The summed E-state index contributed by atoms with van der Waals surface area (Å²) in [7, 11) is 2.21. The molecule has 1 aromatic rings. The van der Waals surface area contributed by atoms with E-state index in [9.17, 15) is 0 Å². The molecule has 1 aliphatic rings. The molecule has 0 aromatic heterocycles. The largest absolute Gasteiger partial charge is 0.357 e. The lowest BCUT2D eigenvalue weighted by Crippen LogP contribution is -2.42. The number of guanidine groups is 1. The van der Waals surface area contributed by atoms with Crippen molar-refractivity contribution in [2.75, 3.05) is 59.4 Å². The molecule has 2 N–H and O–H groups in total. The van der Waals surface area contributed by atoms with Crippen LogP contribution in [0.2, 0.25) is 5.02 Å². The summed E-state index contributed by atoms with van der Waals surface area (Å²) in [5, 5.41) is 7.68. The van der Waals surface area contributed by atoms with Gasteiger partial charge in [0.05, 0.1) is 0 Å². The van der Waals surface area contributed by atoms with Crippen LogP contribution in [0.3, 0.4) is 0 Å². The lowest BCUT2D eigenvalue weighted by molar-refractivity contribution is 0.280. The van der Waals surface area contributed by atoms with E-state index in [0.717, 1.165) is 56.7 Å². The van der Waals surface area contributed by atoms with Gasteiger partial charge in [-0.25, -0.2) is 0 Å². The van der Waals surface area contributed by atoms with Crippen molar-refractivity contribution >= 4 is 41.5 Å². The maximum absolute atomic E-state index is 6.13. The lowest BCUT2D eigenvalue weighted by Gasteiger charge is -2.24. The molecule has 7 heteroatoms. The Hall–Kier alpha value is -0.570. The van der Waals surface area contributed by atoms with E-state index >= 15 is 0 Å². The van der Waals surface area contributed by atoms with E-state index in [2.05, 4.69) is 60.4 Å². The molecular weight excluding hydrogens is 497 g/mol. The van der Waals surface area contributed by atoms with Crippen molar-refractivity contribution < 1.29 is 0 Å². The second kappa shape index (κ2) is 13.7. The molecule has 166 valence electrons. The summed E-state index contributed by atoms with van der Waals surface area (Å²) in [6.07, 6.45) is 2.21. The minimum Gasteiger partial charge on any atom is -0.357 e. The predicted octanol–water partition coefficient (Wildman–Crippen LogP) is 3.72. The zero-order chi connectivity index (χ0) is 20.4. The van der Waals surface area contributed by atoms with Crippen LogP contribution in [-0.2, 0) is 6.42 Å². The fourth-order valence-corrected chi connectivity index (χ4v) is 3.76. The molecule has 0 saturated carbocycles. The van der Waals surface area contributed by atoms with Crippen LogP contribution in [0.4, 0.5) is 0 Å². The van der Waals surface area contributed by atoms with Crippen LogP contribution in [0.15, 0.2) is 29.3 Å². The molecule has 1 aromatic carbocycles. The third-order valence-corrected chi connectivity index (χ3v) is 5.35. The fraction of sp³-hybridized carbons (Fsp3) is 0.682. The van der Waals surface area contributed by atoms with Crippen molar-refractivity contribution in [1.82, 2.24) is 20.4 Å². The van der Waals surface area contributed by atoms with E-state index in [4.69, 9.17) is 16.6 Å². The fourth-order valence-electron chi connectivity index (χ4n) is 3.55. The third-order valence-electron chi connectivity index (χ3n) is 5.11. The first-order valence-corrected chi connectivity index (χ1v) is 10.9. The van der Waals surface area contributed by atoms with E-state index in [1.165, 1.54) is 25.1 Å². The van der Waals surface area contributed by atoms with E-state index < -0.39 is 0 Å². The molecule has 0 spiro atoms. The first-order chi connectivity index (χ1) is 13.4. The molecule has 1 aliphatic heterocycles. The van der Waals surface area contributed by atoms with Crippen molar-refractivity contribution in [2.45, 2.75) is 33.6 Å². The number of aliphatic imine (C=N–C) groups is 1. The molecule has 0 aliphatic carbocycles. The Morgan fingerprint density at radius 2 is 1.97 bits per heavy atom. The van der Waals surface area contributed by atoms with Crippen LogP contribution >= 0.6 is 35.6 Å². The van der Waals surface area contributed by atoms with Crippen molar-refractivity contribution in [3.63, 3.8) is 0 Å². The van der Waals surface area contributed by atoms with Gasteiger partial charge in [0.1, 0.15) is 0 Å². The van der Waals surface area contributed by atoms with Crippen LogP contribution in [0.25, 0.3) is 0 Å². The molecule has 0 amide bonds. The molecule has 29 heavy (non-hydrogen) atoms. The molecule has 5 nitrogen and oxygen atoms in total. The first kappa shape index (κ1) is 26.5. The number of benzene rings is 1. The van der Waals surface area contributed by atoms with Crippen LogP contribution in [-0.4, -0.2) is 75.2 Å². The van der Waals surface area contributed by atoms with Gasteiger partial charge in [0, 0.05) is 44.3 Å². The van der Waals surface area contributed by atoms with Gasteiger partial charge in [0.25, 0.3) is 0 Å². The number of halogens is 2. The molecule has 0 radical (unpaired) electrons. The molecular formula is C22H39ClIN5. The summed E-state index contributed by atoms with van der Waals surface area (Å²) in [6, 6.07) is 8.13. The minimum absolute atomic E-state index is 0. The highest BCUT2D eigenvalue weighted by Gasteiger charge is 2.19. The van der Waals surface area contributed by atoms with Gasteiger partial charge in [-0.15, -0.1) is 24.0 Å². The number of hydrogen-bond donors (Lipinski definition) is 2. The van der Waals surface area contributed by atoms with E-state index in [-0.39, 0.29) is 29.4 Å². The number of rotatable bonds is 8. The third kappa shape index (κ3) is 10.9. The molecule has 1 fully saturated rings. The molecule has 1 heterocycles. The van der Waals surface area contributed by atoms with Gasteiger partial charge in [-0.2, -0.15) is 0 Å². The Morgan fingerprint density at radius 1 is 1.17 bits per heavy atom. The van der Waals surface area contributed by atoms with Gasteiger partial charge < -0.3 is 20.4 Å². The van der Waals surface area contributed by atoms with E-state index in [0.29, 0.717) is 0 Å². The lowest BCUT2D eigenvalue weighted by atomic mass is 9.86. The zero-order valence-electron chi connectivity index (χ0n) is 18.5. The summed E-state index contributed by atoms with van der Waals surface area (Å²) in [5.74, 6) is 0.911. The second-order valence-electron chi connectivity index (χ2n) is 8.59. The number of nitrogens with zero attached hydrogens (tertiary/aromatic N) is 3. The highest BCUT2D eigenvalue weighted by atomic mass is 127. The van der Waals surface area contributed by atoms with E-state index in [1.54, 1.807) is 0 Å². The van der Waals surface area contributed by atoms with Crippen molar-refractivity contribution in [2.24, 2.45) is 10.4 Å². The van der Waals surface area contributed by atoms with Crippen LogP contribution < -0.4 is 10.6 Å². The summed E-state index contributed by atoms with van der Waals surface area (Å²) in [6.45, 7) is 14.9. The second-order valence-corrected chi connectivity index (χ2v) is 9.03. The Balaban J connectivity index is 0.00000420. The Kier molecular flexibility index (Phi) is 12.5. The summed E-state index contributed by atoms with van der Waals surface area (Å²) >= 11 is 6.13. The van der Waals surface area contributed by atoms with Gasteiger partial charge in [0.15, 0.2) is 5.96 Å². The average molecular weight is 536 g/mol. The van der Waals surface area contributed by atoms with E-state index in [1.807, 2.05) is 12.1 Å². The maximum atomic E-state index is 6.13. The summed E-state index contributed by atoms with van der Waals surface area (Å²) in [4.78, 5) is 9.81. The number of hydrogen-bond acceptors (Lipinski definition) is 3. The number of likely N-dealkylation sites (N-methyl/N-ethyl adjacent to an activating group) is 1. The molecule has 1 saturated heterocycles. The standard InChI is InChI=1S/C22H38ClN5.HI/c1-5-24-21(25-10-13-28-12-7-11-27(4)14-15-28)26-18-22(2,3)17-19-8-6-9-20(23)16-19;/h6,8-9,16H,5,7,10-15,17-18H2,1-4H3,(H2,24,25,26);1H. The normalized spacial score (nSPS) is 16.8. The average Bonchev–Trinajstić information content (AvgIpc) is 2.84. The maximum Gasteiger partial charge on any atom is 0.191 e. The van der Waals surface area contributed by atoms with Crippen LogP contribution in [0, 0.1) is 5.41 Å². The number of nitrogens with one attached hydrogen (secondary N) is 2. The van der Waals surface area contributed by atoms with Crippen molar-refractivity contribution in [3.8, 4) is 0 Å². The Morgan fingerprint density at radius 3 is 2.69 bits per heavy atom. The zero-order valence-corrected chi connectivity index (χ0v) is 21.6. The molecule has 0 unspecified atom stereocenters. The van der Waals surface area contributed by atoms with Crippen molar-refractivity contribution in [3.05, 3.63) is 34.9 Å². The Labute approximate surface area is 199 Å². The predicted molar refractivity (Wildman–Crippen MR) is 137 cm³/mol. The summed E-state index contributed by atoms with van der Waals surface area (Å²) in [5.41, 5.74) is 1.33. The summed E-state index contributed by atoms with van der Waals surface area (Å²) < 4.78 is 0. The van der Waals surface area contributed by atoms with Crippen molar-refractivity contribution in [1.29, 1.82) is 0 Å². The molecule has 0 atom stereocenters. The highest BCUT2D eigenvalue weighted by molar-refractivity contribution is 14.0. The van der Waals surface area contributed by atoms with Crippen LogP contribution in [0.1, 0.15) is 32.8 Å². The topological polar surface area (TPSA) is 42.9 Å². The minimum atomic E-state index is 0.